The van der Waals surface area contributed by atoms with E-state index in [1.165, 1.54) is 0 Å². The Hall–Kier alpha value is -3.46. The molecule has 1 fully saturated rings. The number of aromatic nitrogens is 4. The lowest BCUT2D eigenvalue weighted by Gasteiger charge is -2.27. The Morgan fingerprint density at radius 3 is 2.79 bits per heavy atom. The fourth-order valence-electron chi connectivity index (χ4n) is 3.98. The van der Waals surface area contributed by atoms with Crippen molar-refractivity contribution in [3.05, 3.63) is 59.4 Å². The first-order chi connectivity index (χ1) is 16.5. The third-order valence-electron chi connectivity index (χ3n) is 5.95. The maximum absolute atomic E-state index is 13.8. The molecule has 1 aliphatic carbocycles. The van der Waals surface area contributed by atoms with E-state index in [0.717, 1.165) is 18.5 Å². The summed E-state index contributed by atoms with van der Waals surface area (Å²) in [7, 11) is 0. The lowest BCUT2D eigenvalue weighted by atomic mass is 10.1. The predicted molar refractivity (Wildman–Crippen MR) is 127 cm³/mol. The molecule has 8 nitrogen and oxygen atoms in total. The van der Waals surface area contributed by atoms with E-state index in [1.54, 1.807) is 36.4 Å². The lowest BCUT2D eigenvalue weighted by Crippen LogP contribution is -2.34. The smallest absolute Gasteiger partial charge is 0.265 e. The molecule has 3 aromatic rings. The highest BCUT2D eigenvalue weighted by Gasteiger charge is 2.31. The fraction of sp³-hybridized carbons (Fsp3) is 0.333. The van der Waals surface area contributed by atoms with Crippen molar-refractivity contribution in [2.45, 2.75) is 31.8 Å². The van der Waals surface area contributed by atoms with Gasteiger partial charge in [-0.05, 0) is 72.5 Å². The minimum absolute atomic E-state index is 0.160. The molecule has 1 atom stereocenters. The number of aromatic amines is 1. The van der Waals surface area contributed by atoms with E-state index in [0.29, 0.717) is 53.2 Å². The molecule has 2 heterocycles. The molecule has 1 aromatic heterocycles. The van der Waals surface area contributed by atoms with Gasteiger partial charge in [-0.2, -0.15) is 5.21 Å². The summed E-state index contributed by atoms with van der Waals surface area (Å²) < 4.78 is 19.9. The first-order valence-corrected chi connectivity index (χ1v) is 11.6. The third-order valence-corrected chi connectivity index (χ3v) is 6.20. The van der Waals surface area contributed by atoms with Crippen molar-refractivity contribution in [2.75, 3.05) is 23.3 Å². The molecule has 2 aromatic carbocycles. The number of hydrogen-bond donors (Lipinski definition) is 2. The van der Waals surface area contributed by atoms with Gasteiger partial charge >= 0.3 is 0 Å². The van der Waals surface area contributed by atoms with Gasteiger partial charge in [0.2, 0.25) is 5.82 Å². The van der Waals surface area contributed by atoms with Crippen molar-refractivity contribution in [1.29, 1.82) is 0 Å². The van der Waals surface area contributed by atoms with Crippen LogP contribution in [0.4, 0.5) is 15.8 Å². The molecule has 0 radical (unpaired) electrons. The van der Waals surface area contributed by atoms with Crippen LogP contribution in [0.5, 0.6) is 5.75 Å². The predicted octanol–water partition coefficient (Wildman–Crippen LogP) is 4.77. The van der Waals surface area contributed by atoms with E-state index < -0.39 is 6.10 Å². The number of carbonyl (C=O) groups excluding carboxylic acids is 1. The third kappa shape index (κ3) is 5.36. The van der Waals surface area contributed by atoms with Crippen LogP contribution in [-0.2, 0) is 4.79 Å². The van der Waals surface area contributed by atoms with Crippen molar-refractivity contribution in [1.82, 2.24) is 20.6 Å². The topological polar surface area (TPSA) is 96.0 Å². The Labute approximate surface area is 201 Å². The van der Waals surface area contributed by atoms with E-state index in [2.05, 4.69) is 25.9 Å². The number of anilines is 2. The van der Waals surface area contributed by atoms with Gasteiger partial charge in [0.1, 0.15) is 11.6 Å². The lowest BCUT2D eigenvalue weighted by molar-refractivity contribution is -0.123. The van der Waals surface area contributed by atoms with Crippen LogP contribution in [0.2, 0.25) is 5.02 Å². The number of halogens is 2. The zero-order valence-corrected chi connectivity index (χ0v) is 19.1. The van der Waals surface area contributed by atoms with Crippen LogP contribution < -0.4 is 15.0 Å². The summed E-state index contributed by atoms with van der Waals surface area (Å²) in [4.78, 5) is 15.2. The van der Waals surface area contributed by atoms with Gasteiger partial charge < -0.3 is 15.0 Å². The molecule has 5 rings (SSSR count). The Balaban J connectivity index is 1.39. The summed E-state index contributed by atoms with van der Waals surface area (Å²) in [5, 5.41) is 17.9. The standard InChI is InChI=1S/C24H24ClFN6O2/c25-16-5-8-19(9-6-16)34-22(12-15-3-4-15)24(33)27-21-10-7-18(32-11-1-2-17(26)14-32)13-20(21)23-28-30-31-29-23/h2,5-10,13,15,22H,1,3-4,11-12,14H2,(H,27,33)(H,28,29,30,31)/t22-/m0/s1. The zero-order chi connectivity index (χ0) is 23.5. The van der Waals surface area contributed by atoms with Crippen LogP contribution in [0.15, 0.2) is 54.4 Å². The monoisotopic (exact) mass is 482 g/mol. The van der Waals surface area contributed by atoms with Crippen LogP contribution >= 0.6 is 11.6 Å². The average Bonchev–Trinajstić information content (AvgIpc) is 3.49. The molecular weight excluding hydrogens is 459 g/mol. The number of ether oxygens (including phenoxy) is 1. The minimum atomic E-state index is -0.659. The van der Waals surface area contributed by atoms with Crippen LogP contribution in [0.25, 0.3) is 11.4 Å². The number of nitrogens with zero attached hydrogens (tertiary/aromatic N) is 4. The molecule has 0 bridgehead atoms. The van der Waals surface area contributed by atoms with Crippen molar-refractivity contribution in [3.8, 4) is 17.1 Å². The summed E-state index contributed by atoms with van der Waals surface area (Å²) in [6.07, 6.45) is 4.39. The summed E-state index contributed by atoms with van der Waals surface area (Å²) in [5.74, 6) is 0.976. The normalized spacial score (nSPS) is 16.6. The van der Waals surface area contributed by atoms with Crippen LogP contribution in [-0.4, -0.2) is 45.7 Å². The van der Waals surface area contributed by atoms with Gasteiger partial charge in [0.15, 0.2) is 6.10 Å². The Morgan fingerprint density at radius 1 is 1.26 bits per heavy atom. The molecule has 10 heteroatoms. The Morgan fingerprint density at radius 2 is 2.09 bits per heavy atom. The SMILES string of the molecule is O=C(Nc1ccc(N2CCC=C(F)C2)cc1-c1nn[nH]n1)[C@H](CC1CC1)Oc1ccc(Cl)cc1. The number of tetrazole rings is 1. The molecule has 0 spiro atoms. The van der Waals surface area contributed by atoms with Crippen LogP contribution in [0.3, 0.4) is 0 Å². The minimum Gasteiger partial charge on any atom is -0.481 e. The molecule has 2 aliphatic rings. The van der Waals surface area contributed by atoms with Gasteiger partial charge in [-0.25, -0.2) is 4.39 Å². The molecule has 34 heavy (non-hydrogen) atoms. The second kappa shape index (κ2) is 9.80. The quantitative estimate of drug-likeness (QED) is 0.480. The molecule has 176 valence electrons. The summed E-state index contributed by atoms with van der Waals surface area (Å²) in [6, 6.07) is 12.4. The van der Waals surface area contributed by atoms with E-state index in [-0.39, 0.29) is 18.3 Å². The molecule has 1 amide bonds. The van der Waals surface area contributed by atoms with Crippen molar-refractivity contribution < 1.29 is 13.9 Å². The maximum atomic E-state index is 13.8. The second-order valence-corrected chi connectivity index (χ2v) is 8.99. The average molecular weight is 483 g/mol. The summed E-state index contributed by atoms with van der Waals surface area (Å²) in [5.41, 5.74) is 1.93. The fourth-order valence-corrected chi connectivity index (χ4v) is 4.10. The maximum Gasteiger partial charge on any atom is 0.265 e. The highest BCUT2D eigenvalue weighted by atomic mass is 35.5. The first kappa shape index (κ1) is 22.3. The Bertz CT molecular complexity index is 1180. The zero-order valence-electron chi connectivity index (χ0n) is 18.4. The van der Waals surface area contributed by atoms with E-state index in [1.807, 2.05) is 17.0 Å². The highest BCUT2D eigenvalue weighted by molar-refractivity contribution is 6.30. The number of hydrogen-bond acceptors (Lipinski definition) is 6. The van der Waals surface area contributed by atoms with E-state index in [9.17, 15) is 9.18 Å². The second-order valence-electron chi connectivity index (χ2n) is 8.56. The van der Waals surface area contributed by atoms with Gasteiger partial charge in [0.05, 0.1) is 12.2 Å². The highest BCUT2D eigenvalue weighted by Crippen LogP contribution is 2.36. The van der Waals surface area contributed by atoms with E-state index >= 15 is 0 Å². The Kier molecular flexibility index (Phi) is 6.44. The summed E-state index contributed by atoms with van der Waals surface area (Å²) in [6.45, 7) is 0.902. The molecule has 2 N–H and O–H groups in total. The van der Waals surface area contributed by atoms with E-state index in [4.69, 9.17) is 16.3 Å². The summed E-state index contributed by atoms with van der Waals surface area (Å²) >= 11 is 5.97. The van der Waals surface area contributed by atoms with Gasteiger partial charge in [0.25, 0.3) is 5.91 Å². The number of H-pyrrole nitrogens is 1. The molecule has 1 aliphatic heterocycles. The number of carbonyl (C=O) groups is 1. The van der Waals surface area contributed by atoms with Crippen molar-refractivity contribution >= 4 is 28.9 Å². The number of amides is 1. The van der Waals surface area contributed by atoms with Gasteiger partial charge in [-0.1, -0.05) is 24.4 Å². The van der Waals surface area contributed by atoms with Gasteiger partial charge in [-0.15, -0.1) is 10.2 Å². The molecule has 0 unspecified atom stereocenters. The largest absolute Gasteiger partial charge is 0.481 e. The molecule has 0 saturated heterocycles. The first-order valence-electron chi connectivity index (χ1n) is 11.3. The van der Waals surface area contributed by atoms with Gasteiger partial charge in [0, 0.05) is 22.8 Å². The number of rotatable bonds is 8. The molecule has 1 saturated carbocycles. The number of benzene rings is 2. The van der Waals surface area contributed by atoms with Crippen molar-refractivity contribution in [2.24, 2.45) is 5.92 Å². The van der Waals surface area contributed by atoms with Crippen LogP contribution in [0, 0.1) is 5.92 Å². The van der Waals surface area contributed by atoms with Crippen molar-refractivity contribution in [3.63, 3.8) is 0 Å². The number of nitrogens with one attached hydrogen (secondary N) is 2. The van der Waals surface area contributed by atoms with Gasteiger partial charge in [-0.3, -0.25) is 4.79 Å². The molecular formula is C24H24ClFN6O2. The van der Waals surface area contributed by atoms with Crippen LogP contribution in [0.1, 0.15) is 25.7 Å².